The minimum Gasteiger partial charge on any atom is -0.481 e. The number of esters is 1. The lowest BCUT2D eigenvalue weighted by Crippen LogP contribution is -2.33. The Kier molecular flexibility index (Phi) is 6.27. The van der Waals surface area contributed by atoms with Crippen molar-refractivity contribution in [2.75, 3.05) is 11.9 Å². The molecule has 0 unspecified atom stereocenters. The minimum atomic E-state index is -0.684. The summed E-state index contributed by atoms with van der Waals surface area (Å²) < 4.78 is 11.0. The number of rotatable bonds is 7. The van der Waals surface area contributed by atoms with Crippen LogP contribution >= 0.6 is 0 Å². The van der Waals surface area contributed by atoms with Crippen molar-refractivity contribution in [3.05, 3.63) is 72.3 Å². The topological polar surface area (TPSA) is 64.6 Å². The summed E-state index contributed by atoms with van der Waals surface area (Å²) in [5.41, 5.74) is 0.727. The van der Waals surface area contributed by atoms with Gasteiger partial charge in [0.1, 0.15) is 5.75 Å². The van der Waals surface area contributed by atoms with Gasteiger partial charge in [-0.1, -0.05) is 49.4 Å². The van der Waals surface area contributed by atoms with Crippen molar-refractivity contribution in [1.82, 2.24) is 0 Å². The fraction of sp³-hybridized carbons (Fsp3) is 0.217. The normalized spacial score (nSPS) is 11.6. The molecule has 144 valence electrons. The number of para-hydroxylation sites is 1. The van der Waals surface area contributed by atoms with Gasteiger partial charge in [0.2, 0.25) is 0 Å². The molecule has 0 radical (unpaired) electrons. The summed E-state index contributed by atoms with van der Waals surface area (Å²) in [7, 11) is 0. The molecule has 5 heteroatoms. The maximum atomic E-state index is 12.8. The number of benzene rings is 3. The summed E-state index contributed by atoms with van der Waals surface area (Å²) in [6.45, 7) is 3.88. The summed E-state index contributed by atoms with van der Waals surface area (Å²) in [6.07, 6.45) is -0.198. The quantitative estimate of drug-likeness (QED) is 0.600. The molecule has 3 aromatic carbocycles. The number of carbonyl (C=O) groups is 2. The van der Waals surface area contributed by atoms with Gasteiger partial charge in [-0.15, -0.1) is 0 Å². The molecule has 0 aliphatic heterocycles. The lowest BCUT2D eigenvalue weighted by Gasteiger charge is -2.18. The smallest absolute Gasteiger partial charge is 0.340 e. The van der Waals surface area contributed by atoms with Gasteiger partial charge in [-0.3, -0.25) is 4.79 Å². The van der Waals surface area contributed by atoms with Gasteiger partial charge in [-0.25, -0.2) is 4.79 Å². The van der Waals surface area contributed by atoms with Gasteiger partial charge < -0.3 is 14.8 Å². The number of carbonyl (C=O) groups excluding carboxylic acids is 2. The predicted molar refractivity (Wildman–Crippen MR) is 110 cm³/mol. The van der Waals surface area contributed by atoms with Crippen molar-refractivity contribution >= 4 is 28.3 Å². The van der Waals surface area contributed by atoms with Crippen LogP contribution < -0.4 is 10.1 Å². The molecule has 0 saturated carbocycles. The van der Waals surface area contributed by atoms with Crippen molar-refractivity contribution in [3.63, 3.8) is 0 Å². The zero-order chi connectivity index (χ0) is 19.9. The first-order chi connectivity index (χ1) is 13.6. The lowest BCUT2D eigenvalue weighted by atomic mass is 10.1. The first-order valence-electron chi connectivity index (χ1n) is 9.34. The van der Waals surface area contributed by atoms with E-state index in [1.807, 2.05) is 49.4 Å². The second-order valence-corrected chi connectivity index (χ2v) is 6.28. The third-order valence-electron chi connectivity index (χ3n) is 4.34. The number of hydrogen-bond donors (Lipinski definition) is 1. The average molecular weight is 377 g/mol. The molecule has 1 N–H and O–H groups in total. The van der Waals surface area contributed by atoms with Crippen LogP contribution in [0.5, 0.6) is 5.75 Å². The lowest BCUT2D eigenvalue weighted by molar-refractivity contribution is -0.122. The van der Waals surface area contributed by atoms with E-state index in [4.69, 9.17) is 9.47 Å². The Labute approximate surface area is 164 Å². The highest BCUT2D eigenvalue weighted by Gasteiger charge is 2.21. The second-order valence-electron chi connectivity index (χ2n) is 6.28. The molecule has 0 fully saturated rings. The maximum absolute atomic E-state index is 12.8. The molecule has 3 rings (SSSR count). The third kappa shape index (κ3) is 4.49. The Morgan fingerprint density at radius 1 is 0.929 bits per heavy atom. The summed E-state index contributed by atoms with van der Waals surface area (Å²) in [6, 6.07) is 20.5. The van der Waals surface area contributed by atoms with Crippen LogP contribution in [0.2, 0.25) is 0 Å². The van der Waals surface area contributed by atoms with Crippen LogP contribution in [0.1, 0.15) is 30.6 Å². The Hall–Kier alpha value is -3.34. The molecule has 0 bridgehead atoms. The summed E-state index contributed by atoms with van der Waals surface area (Å²) in [5.74, 6) is -0.159. The van der Waals surface area contributed by atoms with Crippen molar-refractivity contribution < 1.29 is 19.1 Å². The highest BCUT2D eigenvalue weighted by molar-refractivity contribution is 6.02. The number of amides is 1. The zero-order valence-corrected chi connectivity index (χ0v) is 16.0. The fourth-order valence-electron chi connectivity index (χ4n) is 2.92. The Bertz CT molecular complexity index is 983. The zero-order valence-electron chi connectivity index (χ0n) is 16.0. The molecule has 1 amide bonds. The van der Waals surface area contributed by atoms with Crippen molar-refractivity contribution in [2.24, 2.45) is 0 Å². The van der Waals surface area contributed by atoms with Gasteiger partial charge in [0.15, 0.2) is 6.10 Å². The number of ether oxygens (including phenoxy) is 2. The predicted octanol–water partition coefficient (Wildman–Crippen LogP) is 4.81. The van der Waals surface area contributed by atoms with Gasteiger partial charge in [0.05, 0.1) is 17.9 Å². The van der Waals surface area contributed by atoms with Gasteiger partial charge >= 0.3 is 5.97 Å². The Morgan fingerprint density at radius 2 is 1.64 bits per heavy atom. The minimum absolute atomic E-state index is 0.268. The fourth-order valence-corrected chi connectivity index (χ4v) is 2.92. The average Bonchev–Trinajstić information content (AvgIpc) is 2.72. The molecule has 0 spiro atoms. The van der Waals surface area contributed by atoms with E-state index in [1.54, 1.807) is 31.2 Å². The molecular weight excluding hydrogens is 354 g/mol. The van der Waals surface area contributed by atoms with E-state index in [1.165, 1.54) is 0 Å². The summed E-state index contributed by atoms with van der Waals surface area (Å²) in [5, 5.41) is 4.95. The molecule has 5 nitrogen and oxygen atoms in total. The van der Waals surface area contributed by atoms with Crippen LogP contribution in [0, 0.1) is 0 Å². The first-order valence-corrected chi connectivity index (χ1v) is 9.34. The van der Waals surface area contributed by atoms with E-state index in [2.05, 4.69) is 5.32 Å². The molecule has 0 aliphatic carbocycles. The van der Waals surface area contributed by atoms with Gasteiger partial charge in [-0.05, 0) is 48.4 Å². The van der Waals surface area contributed by atoms with Crippen LogP contribution in [-0.4, -0.2) is 24.6 Å². The van der Waals surface area contributed by atoms with E-state index in [0.29, 0.717) is 23.4 Å². The Morgan fingerprint density at radius 3 is 2.39 bits per heavy atom. The van der Waals surface area contributed by atoms with E-state index in [9.17, 15) is 9.59 Å². The van der Waals surface area contributed by atoms with E-state index < -0.39 is 12.1 Å². The largest absolute Gasteiger partial charge is 0.481 e. The van der Waals surface area contributed by atoms with Crippen molar-refractivity contribution in [1.29, 1.82) is 0 Å². The van der Waals surface area contributed by atoms with Crippen LogP contribution in [-0.2, 0) is 9.53 Å². The van der Waals surface area contributed by atoms with Crippen LogP contribution in [0.3, 0.4) is 0 Å². The summed E-state index contributed by atoms with van der Waals surface area (Å²) >= 11 is 0. The standard InChI is InChI=1S/C23H23NO4/c1-3-21(28-18-14-13-16-9-5-6-10-17(16)15-18)22(25)24-20-12-8-7-11-19(20)23(26)27-4-2/h5-15,21H,3-4H2,1-2H3,(H,24,25)/t21-/m1/s1. The molecule has 0 aliphatic rings. The monoisotopic (exact) mass is 377 g/mol. The van der Waals surface area contributed by atoms with E-state index in [-0.39, 0.29) is 12.5 Å². The highest BCUT2D eigenvalue weighted by atomic mass is 16.5. The van der Waals surface area contributed by atoms with E-state index in [0.717, 1.165) is 10.8 Å². The summed E-state index contributed by atoms with van der Waals surface area (Å²) in [4.78, 5) is 24.9. The van der Waals surface area contributed by atoms with E-state index >= 15 is 0 Å². The van der Waals surface area contributed by atoms with Crippen LogP contribution in [0.15, 0.2) is 66.7 Å². The number of fused-ring (bicyclic) bond motifs is 1. The number of anilines is 1. The Balaban J connectivity index is 1.76. The molecule has 0 aromatic heterocycles. The molecule has 0 heterocycles. The van der Waals surface area contributed by atoms with Gasteiger partial charge in [0.25, 0.3) is 5.91 Å². The number of hydrogen-bond acceptors (Lipinski definition) is 4. The number of nitrogens with one attached hydrogen (secondary N) is 1. The maximum Gasteiger partial charge on any atom is 0.340 e. The van der Waals surface area contributed by atoms with Crippen LogP contribution in [0.4, 0.5) is 5.69 Å². The molecule has 28 heavy (non-hydrogen) atoms. The molecule has 3 aromatic rings. The molecule has 1 atom stereocenters. The first kappa shape index (κ1) is 19.4. The third-order valence-corrected chi connectivity index (χ3v) is 4.34. The SMILES string of the molecule is CCOC(=O)c1ccccc1NC(=O)[C@@H](CC)Oc1ccc2ccccc2c1. The molecule has 0 saturated heterocycles. The van der Waals surface area contributed by atoms with Gasteiger partial charge in [-0.2, -0.15) is 0 Å². The van der Waals surface area contributed by atoms with Crippen molar-refractivity contribution in [3.8, 4) is 5.75 Å². The van der Waals surface area contributed by atoms with Crippen LogP contribution in [0.25, 0.3) is 10.8 Å². The van der Waals surface area contributed by atoms with Crippen molar-refractivity contribution in [2.45, 2.75) is 26.4 Å². The second kappa shape index (κ2) is 9.04. The van der Waals surface area contributed by atoms with Gasteiger partial charge in [0, 0.05) is 0 Å². The molecular formula is C23H23NO4. The highest BCUT2D eigenvalue weighted by Crippen LogP contribution is 2.23.